The van der Waals surface area contributed by atoms with E-state index in [2.05, 4.69) is 9.89 Å². The quantitative estimate of drug-likeness (QED) is 0.197. The Hall–Kier alpha value is -4.74. The Morgan fingerprint density at radius 2 is 1.65 bits per heavy atom. The molecule has 2 aliphatic heterocycles. The number of alkyl halides is 3. The van der Waals surface area contributed by atoms with Crippen molar-refractivity contribution in [2.45, 2.75) is 12.2 Å². The topological polar surface area (TPSA) is 66.8 Å². The van der Waals surface area contributed by atoms with E-state index in [1.807, 2.05) is 29.2 Å². The lowest BCUT2D eigenvalue weighted by Crippen LogP contribution is -2.55. The van der Waals surface area contributed by atoms with Gasteiger partial charge in [0.1, 0.15) is 23.0 Å². The van der Waals surface area contributed by atoms with Crippen LogP contribution in [0.3, 0.4) is 0 Å². The molecule has 0 amide bonds. The number of methoxy groups -OCH3 is 3. The highest BCUT2D eigenvalue weighted by atomic mass is 19.4. The standard InChI is InChI=1S/C31H30F4N4O4/c1-41-22-7-4-6-21(19-22)37-14-16-38(17-15-37)30-36-29-23(8-5-9-24(29)32)25(11-13-28(40)43-3)39(30)26-18-20(31(33,34)35)10-12-27(26)42-2/h4-13,18-19,25H,14-17H2,1-3H3/b13-11+. The third kappa shape index (κ3) is 6.08. The molecule has 0 aliphatic carbocycles. The van der Waals surface area contributed by atoms with Crippen LogP contribution in [0.4, 0.5) is 34.6 Å². The normalized spacial score (nSPS) is 17.0. The van der Waals surface area contributed by atoms with Gasteiger partial charge in [0.25, 0.3) is 0 Å². The van der Waals surface area contributed by atoms with Crippen LogP contribution < -0.4 is 19.3 Å². The lowest BCUT2D eigenvalue weighted by molar-refractivity contribution is -0.137. The summed E-state index contributed by atoms with van der Waals surface area (Å²) >= 11 is 0. The number of hydrogen-bond acceptors (Lipinski definition) is 8. The minimum absolute atomic E-state index is 0.0365. The number of para-hydroxylation sites is 1. The summed E-state index contributed by atoms with van der Waals surface area (Å²) in [5.74, 6) is -0.194. The minimum atomic E-state index is -4.64. The Morgan fingerprint density at radius 3 is 2.33 bits per heavy atom. The Morgan fingerprint density at radius 1 is 0.930 bits per heavy atom. The third-order valence-electron chi connectivity index (χ3n) is 7.40. The van der Waals surface area contributed by atoms with Crippen LogP contribution in [0.5, 0.6) is 11.5 Å². The number of esters is 1. The number of piperazine rings is 1. The summed E-state index contributed by atoms with van der Waals surface area (Å²) in [7, 11) is 4.16. The van der Waals surface area contributed by atoms with Gasteiger partial charge >= 0.3 is 12.1 Å². The molecule has 1 unspecified atom stereocenters. The summed E-state index contributed by atoms with van der Waals surface area (Å²) in [6.07, 6.45) is -2.01. The second-order valence-corrected chi connectivity index (χ2v) is 9.85. The Kier molecular flexibility index (Phi) is 8.47. The van der Waals surface area contributed by atoms with Crippen molar-refractivity contribution < 1.29 is 36.6 Å². The fraction of sp³-hybridized carbons (Fsp3) is 0.290. The van der Waals surface area contributed by atoms with Crippen LogP contribution in [-0.4, -0.2) is 64.3 Å². The molecular formula is C31H30F4N4O4. The van der Waals surface area contributed by atoms with Gasteiger partial charge in [-0.1, -0.05) is 18.2 Å². The molecule has 0 spiro atoms. The molecule has 43 heavy (non-hydrogen) atoms. The van der Waals surface area contributed by atoms with Crippen molar-refractivity contribution in [1.29, 1.82) is 0 Å². The van der Waals surface area contributed by atoms with Crippen molar-refractivity contribution in [2.24, 2.45) is 4.99 Å². The molecule has 1 atom stereocenters. The second-order valence-electron chi connectivity index (χ2n) is 9.85. The maximum atomic E-state index is 15.2. The largest absolute Gasteiger partial charge is 0.497 e. The maximum Gasteiger partial charge on any atom is 0.416 e. The molecule has 0 N–H and O–H groups in total. The summed E-state index contributed by atoms with van der Waals surface area (Å²) < 4.78 is 72.7. The first-order chi connectivity index (χ1) is 20.6. The van der Waals surface area contributed by atoms with E-state index in [0.29, 0.717) is 37.5 Å². The Balaban J connectivity index is 1.62. The van der Waals surface area contributed by atoms with Crippen molar-refractivity contribution >= 4 is 29.0 Å². The predicted molar refractivity (Wildman–Crippen MR) is 155 cm³/mol. The van der Waals surface area contributed by atoms with Crippen molar-refractivity contribution in [3.63, 3.8) is 0 Å². The van der Waals surface area contributed by atoms with Gasteiger partial charge < -0.3 is 24.0 Å². The van der Waals surface area contributed by atoms with Gasteiger partial charge in [-0.25, -0.2) is 14.2 Å². The van der Waals surface area contributed by atoms with E-state index in [9.17, 15) is 18.0 Å². The zero-order chi connectivity index (χ0) is 30.7. The number of hydrogen-bond donors (Lipinski definition) is 0. The molecule has 0 saturated carbocycles. The zero-order valence-corrected chi connectivity index (χ0v) is 23.8. The lowest BCUT2D eigenvalue weighted by Gasteiger charge is -2.45. The van der Waals surface area contributed by atoms with E-state index in [1.165, 1.54) is 38.5 Å². The van der Waals surface area contributed by atoms with Gasteiger partial charge in [0.05, 0.1) is 38.6 Å². The lowest BCUT2D eigenvalue weighted by atomic mass is 9.98. The van der Waals surface area contributed by atoms with Crippen molar-refractivity contribution in [3.05, 3.63) is 89.8 Å². The number of aliphatic imine (C=N–C) groups is 1. The number of nitrogens with zero attached hydrogens (tertiary/aromatic N) is 4. The molecule has 12 heteroatoms. The fourth-order valence-electron chi connectivity index (χ4n) is 5.24. The first kappa shape index (κ1) is 29.7. The number of carbonyl (C=O) groups excluding carboxylic acids is 1. The van der Waals surface area contributed by atoms with Crippen LogP contribution in [0.25, 0.3) is 0 Å². The van der Waals surface area contributed by atoms with E-state index in [4.69, 9.17) is 14.2 Å². The summed E-state index contributed by atoms with van der Waals surface area (Å²) in [4.78, 5) is 22.4. The summed E-state index contributed by atoms with van der Waals surface area (Å²) in [5.41, 5.74) is 0.510. The molecular weight excluding hydrogens is 568 g/mol. The molecule has 3 aromatic rings. The molecule has 0 aromatic heterocycles. The van der Waals surface area contributed by atoms with Gasteiger partial charge in [-0.3, -0.25) is 4.90 Å². The van der Waals surface area contributed by atoms with Crippen LogP contribution in [0, 0.1) is 5.82 Å². The Labute approximate surface area is 246 Å². The summed E-state index contributed by atoms with van der Waals surface area (Å²) in [5, 5.41) is 0. The van der Waals surface area contributed by atoms with E-state index < -0.39 is 29.6 Å². The van der Waals surface area contributed by atoms with Gasteiger partial charge in [-0.05, 0) is 42.5 Å². The predicted octanol–water partition coefficient (Wildman–Crippen LogP) is 5.96. The van der Waals surface area contributed by atoms with Crippen LogP contribution in [0.1, 0.15) is 17.2 Å². The van der Waals surface area contributed by atoms with Crippen molar-refractivity contribution in [1.82, 2.24) is 4.90 Å². The number of guanidine groups is 1. The monoisotopic (exact) mass is 598 g/mol. The summed E-state index contributed by atoms with van der Waals surface area (Å²) in [6, 6.07) is 14.2. The van der Waals surface area contributed by atoms with Gasteiger partial charge in [0.15, 0.2) is 0 Å². The first-order valence-corrected chi connectivity index (χ1v) is 13.5. The minimum Gasteiger partial charge on any atom is -0.497 e. The smallest absolute Gasteiger partial charge is 0.416 e. The fourth-order valence-corrected chi connectivity index (χ4v) is 5.24. The van der Waals surface area contributed by atoms with Crippen LogP contribution in [0.15, 0.2) is 77.8 Å². The van der Waals surface area contributed by atoms with E-state index >= 15 is 4.39 Å². The SMILES string of the molecule is COC(=O)/C=C/C1c2cccc(F)c2N=C(N2CCN(c3cccc(OC)c3)CC2)N1c1cc(C(F)(F)F)ccc1OC. The zero-order valence-electron chi connectivity index (χ0n) is 23.8. The average molecular weight is 599 g/mol. The molecule has 5 rings (SSSR count). The van der Waals surface area contributed by atoms with E-state index in [0.717, 1.165) is 23.9 Å². The Bertz CT molecular complexity index is 1550. The number of benzene rings is 3. The molecule has 3 aromatic carbocycles. The number of anilines is 2. The molecule has 1 saturated heterocycles. The molecule has 8 nitrogen and oxygen atoms in total. The molecule has 2 aliphatic rings. The maximum absolute atomic E-state index is 15.2. The number of ether oxygens (including phenoxy) is 3. The molecule has 0 radical (unpaired) electrons. The van der Waals surface area contributed by atoms with Gasteiger partial charge in [-0.15, -0.1) is 0 Å². The molecule has 2 heterocycles. The average Bonchev–Trinajstić information content (AvgIpc) is 3.02. The number of halogens is 4. The van der Waals surface area contributed by atoms with Crippen LogP contribution in [-0.2, 0) is 15.7 Å². The van der Waals surface area contributed by atoms with Gasteiger partial charge in [0, 0.05) is 49.6 Å². The van der Waals surface area contributed by atoms with Crippen LogP contribution in [0.2, 0.25) is 0 Å². The second kappa shape index (κ2) is 12.2. The van der Waals surface area contributed by atoms with Gasteiger partial charge in [0.2, 0.25) is 5.96 Å². The molecule has 0 bridgehead atoms. The van der Waals surface area contributed by atoms with Gasteiger partial charge in [-0.2, -0.15) is 13.2 Å². The third-order valence-corrected chi connectivity index (χ3v) is 7.40. The molecule has 1 fully saturated rings. The highest BCUT2D eigenvalue weighted by molar-refractivity contribution is 6.02. The number of fused-ring (bicyclic) bond motifs is 1. The van der Waals surface area contributed by atoms with E-state index in [-0.39, 0.29) is 23.1 Å². The first-order valence-electron chi connectivity index (χ1n) is 13.5. The summed E-state index contributed by atoms with van der Waals surface area (Å²) in [6.45, 7) is 1.94. The van der Waals surface area contributed by atoms with E-state index in [1.54, 1.807) is 18.1 Å². The highest BCUT2D eigenvalue weighted by Gasteiger charge is 2.39. The number of rotatable bonds is 6. The number of carbonyl (C=O) groups is 1. The van der Waals surface area contributed by atoms with Crippen molar-refractivity contribution in [3.8, 4) is 11.5 Å². The highest BCUT2D eigenvalue weighted by Crippen LogP contribution is 2.45. The van der Waals surface area contributed by atoms with Crippen molar-refractivity contribution in [2.75, 3.05) is 57.3 Å². The molecule has 226 valence electrons. The van der Waals surface area contributed by atoms with Crippen LogP contribution >= 0.6 is 0 Å².